The maximum absolute atomic E-state index is 12.2. The Morgan fingerprint density at radius 1 is 0.926 bits per heavy atom. The Morgan fingerprint density at radius 2 is 1.63 bits per heavy atom. The van der Waals surface area contributed by atoms with Crippen molar-refractivity contribution in [2.75, 3.05) is 76.0 Å². The molecule has 2 unspecified atom stereocenters. The first-order valence-corrected chi connectivity index (χ1v) is 13.9. The summed E-state index contributed by atoms with van der Waals surface area (Å²) < 4.78 is 27.1. The van der Waals surface area contributed by atoms with Crippen LogP contribution < -0.4 is 10.2 Å². The zero-order valence-electron chi connectivity index (χ0n) is 15.4. The van der Waals surface area contributed by atoms with Crippen LogP contribution >= 0.6 is 62.5 Å². The average molecular weight is 506 g/mol. The fraction of sp³-hybridized carbons (Fsp3) is 1.00. The van der Waals surface area contributed by atoms with Crippen LogP contribution in [0.3, 0.4) is 0 Å². The molecule has 13 heteroatoms. The fourth-order valence-electron chi connectivity index (χ4n) is 2.47. The molecule has 2 atom stereocenters. The third kappa shape index (κ3) is 10.4. The molecule has 2 heterocycles. The number of nitrogens with one attached hydrogen (secondary N) is 2. The van der Waals surface area contributed by atoms with E-state index in [0.29, 0.717) is 43.2 Å². The van der Waals surface area contributed by atoms with Gasteiger partial charge in [-0.05, 0) is 12.8 Å². The Balaban J connectivity index is 0.000000271. The maximum Gasteiger partial charge on any atom is 0.343 e. The lowest BCUT2D eigenvalue weighted by atomic mass is 10.4. The predicted octanol–water partition coefficient (Wildman–Crippen LogP) is 3.89. The SMILES string of the molecule is ClCCNP1OCCCN1CCCl.O=P1(NCCCl)OCCCN1CCCl. The summed E-state index contributed by atoms with van der Waals surface area (Å²) >= 11 is 22.4. The first-order valence-electron chi connectivity index (χ1n) is 9.01. The highest BCUT2D eigenvalue weighted by molar-refractivity contribution is 7.54. The van der Waals surface area contributed by atoms with Gasteiger partial charge in [-0.3, -0.25) is 9.65 Å². The van der Waals surface area contributed by atoms with Gasteiger partial charge in [0, 0.05) is 62.8 Å². The van der Waals surface area contributed by atoms with Gasteiger partial charge in [0.05, 0.1) is 13.2 Å². The summed E-state index contributed by atoms with van der Waals surface area (Å²) in [5.41, 5.74) is 0. The molecule has 0 aromatic rings. The van der Waals surface area contributed by atoms with Gasteiger partial charge in [0.2, 0.25) is 0 Å². The Hall–Kier alpha value is 1.58. The summed E-state index contributed by atoms with van der Waals surface area (Å²) in [5.74, 6) is 2.15. The third-order valence-corrected chi connectivity index (χ3v) is 8.51. The Morgan fingerprint density at radius 3 is 2.30 bits per heavy atom. The third-order valence-electron chi connectivity index (χ3n) is 3.66. The summed E-state index contributed by atoms with van der Waals surface area (Å²) in [6, 6.07) is 0. The molecule has 2 rings (SSSR count). The van der Waals surface area contributed by atoms with Gasteiger partial charge in [-0.15, -0.1) is 46.4 Å². The second-order valence-electron chi connectivity index (χ2n) is 5.65. The number of alkyl halides is 4. The number of nitrogens with zero attached hydrogens (tertiary/aromatic N) is 2. The van der Waals surface area contributed by atoms with E-state index in [4.69, 9.17) is 55.5 Å². The predicted molar refractivity (Wildman–Crippen MR) is 118 cm³/mol. The van der Waals surface area contributed by atoms with Crippen LogP contribution in [0.25, 0.3) is 0 Å². The van der Waals surface area contributed by atoms with Crippen LogP contribution in [-0.2, 0) is 13.6 Å². The number of hydrogen-bond donors (Lipinski definition) is 2. The van der Waals surface area contributed by atoms with Crippen molar-refractivity contribution in [3.8, 4) is 0 Å². The molecule has 2 N–H and O–H groups in total. The van der Waals surface area contributed by atoms with Crippen LogP contribution in [0.1, 0.15) is 12.8 Å². The standard InChI is InChI=1S/C7H15Cl2N2O2P.C7H15Cl2N2OP/c8-2-4-10-14(12)11(6-3-9)5-1-7-13-14;8-2-4-10-13-11(6-3-9)5-1-7-12-13/h1-7H2,(H,10,12);10H,1-7H2. The molecule has 2 saturated heterocycles. The molecule has 0 aromatic carbocycles. The highest BCUT2D eigenvalue weighted by Crippen LogP contribution is 2.48. The van der Waals surface area contributed by atoms with E-state index in [9.17, 15) is 4.57 Å². The summed E-state index contributed by atoms with van der Waals surface area (Å²) in [5, 5.41) is 6.14. The van der Waals surface area contributed by atoms with Crippen LogP contribution in [0.15, 0.2) is 0 Å². The molecule has 0 radical (unpaired) electrons. The Labute approximate surface area is 184 Å². The molecule has 2 fully saturated rings. The summed E-state index contributed by atoms with van der Waals surface area (Å²) in [6.45, 7) is 5.97. The minimum absolute atomic E-state index is 0.419. The average Bonchev–Trinajstić information content (AvgIpc) is 2.69. The van der Waals surface area contributed by atoms with E-state index in [2.05, 4.69) is 14.8 Å². The lowest BCUT2D eigenvalue weighted by Gasteiger charge is -2.34. The molecule has 0 amide bonds. The highest BCUT2D eigenvalue weighted by Gasteiger charge is 2.33. The van der Waals surface area contributed by atoms with Crippen molar-refractivity contribution >= 4 is 62.5 Å². The second kappa shape index (κ2) is 16.3. The van der Waals surface area contributed by atoms with E-state index in [1.165, 1.54) is 0 Å². The first-order chi connectivity index (χ1) is 13.1. The lowest BCUT2D eigenvalue weighted by molar-refractivity contribution is 0.203. The van der Waals surface area contributed by atoms with Crippen LogP contribution in [0.5, 0.6) is 0 Å². The van der Waals surface area contributed by atoms with Gasteiger partial charge in [-0.25, -0.2) is 14.4 Å². The van der Waals surface area contributed by atoms with Crippen molar-refractivity contribution in [2.24, 2.45) is 0 Å². The van der Waals surface area contributed by atoms with E-state index in [-0.39, 0.29) is 0 Å². The van der Waals surface area contributed by atoms with Gasteiger partial charge >= 0.3 is 7.67 Å². The van der Waals surface area contributed by atoms with Gasteiger partial charge in [0.25, 0.3) is 0 Å². The normalized spacial score (nSPS) is 27.2. The summed E-state index contributed by atoms with van der Waals surface area (Å²) in [4.78, 5) is 0. The van der Waals surface area contributed by atoms with Gasteiger partial charge in [0.15, 0.2) is 8.45 Å². The van der Waals surface area contributed by atoms with E-state index in [1.54, 1.807) is 4.67 Å². The summed E-state index contributed by atoms with van der Waals surface area (Å²) in [7, 11) is -3.47. The topological polar surface area (TPSA) is 66.1 Å². The molecular weight excluding hydrogens is 476 g/mol. The molecule has 7 nitrogen and oxygen atoms in total. The van der Waals surface area contributed by atoms with Gasteiger partial charge < -0.3 is 9.05 Å². The molecular formula is C14H30Cl4N4O3P2. The number of rotatable bonds is 10. The fourth-order valence-corrected chi connectivity index (χ4v) is 7.23. The quantitative estimate of drug-likeness (QED) is 0.345. The molecule has 0 saturated carbocycles. The van der Waals surface area contributed by atoms with E-state index >= 15 is 0 Å². The minimum atomic E-state index is -2.84. The Bertz CT molecular complexity index is 428. The van der Waals surface area contributed by atoms with Crippen molar-refractivity contribution in [3.63, 3.8) is 0 Å². The molecule has 162 valence electrons. The number of hydrogen-bond acceptors (Lipinski definition) is 5. The van der Waals surface area contributed by atoms with Gasteiger partial charge in [0.1, 0.15) is 0 Å². The van der Waals surface area contributed by atoms with E-state index in [1.807, 2.05) is 0 Å². The van der Waals surface area contributed by atoms with Crippen LogP contribution in [-0.4, -0.2) is 85.3 Å². The zero-order valence-corrected chi connectivity index (χ0v) is 20.2. The van der Waals surface area contributed by atoms with E-state index < -0.39 is 16.1 Å². The van der Waals surface area contributed by atoms with Crippen molar-refractivity contribution in [1.82, 2.24) is 19.5 Å². The number of halogens is 4. The smallest absolute Gasteiger partial charge is 0.331 e. The van der Waals surface area contributed by atoms with Crippen molar-refractivity contribution in [2.45, 2.75) is 12.8 Å². The largest absolute Gasteiger partial charge is 0.343 e. The van der Waals surface area contributed by atoms with Crippen molar-refractivity contribution in [1.29, 1.82) is 0 Å². The van der Waals surface area contributed by atoms with Crippen molar-refractivity contribution in [3.05, 3.63) is 0 Å². The van der Waals surface area contributed by atoms with E-state index in [0.717, 1.165) is 45.6 Å². The zero-order chi connectivity index (χ0) is 20.0. The van der Waals surface area contributed by atoms with Crippen LogP contribution in [0, 0.1) is 0 Å². The van der Waals surface area contributed by atoms with Crippen LogP contribution in [0.2, 0.25) is 0 Å². The first kappa shape index (κ1) is 26.6. The molecule has 0 spiro atoms. The second-order valence-corrected chi connectivity index (χ2v) is 11.0. The molecule has 0 aliphatic carbocycles. The van der Waals surface area contributed by atoms with Gasteiger partial charge in [-0.2, -0.15) is 0 Å². The Kier molecular flexibility index (Phi) is 16.1. The molecule has 0 aromatic heterocycles. The van der Waals surface area contributed by atoms with Crippen LogP contribution in [0.4, 0.5) is 0 Å². The van der Waals surface area contributed by atoms with Gasteiger partial charge in [-0.1, -0.05) is 0 Å². The maximum atomic E-state index is 12.2. The minimum Gasteiger partial charge on any atom is -0.331 e. The lowest BCUT2D eigenvalue weighted by Crippen LogP contribution is -2.36. The molecule has 27 heavy (non-hydrogen) atoms. The monoisotopic (exact) mass is 504 g/mol. The van der Waals surface area contributed by atoms with Crippen molar-refractivity contribution < 1.29 is 13.6 Å². The molecule has 2 aliphatic rings. The molecule has 2 aliphatic heterocycles. The molecule has 0 bridgehead atoms. The summed E-state index contributed by atoms with van der Waals surface area (Å²) in [6.07, 6.45) is 1.99. The highest BCUT2D eigenvalue weighted by atomic mass is 35.5.